The number of nitrogens with zero attached hydrogens (tertiary/aromatic N) is 3. The Hall–Kier alpha value is -4.65. The number of ether oxygens (including phenoxy) is 6. The molecule has 1 aromatic rings. The molecule has 0 radical (unpaired) electrons. The number of nitrogens with one attached hydrogen (secondary N) is 2. The second-order valence-electron chi connectivity index (χ2n) is 18.4. The Morgan fingerprint density at radius 2 is 1.42 bits per heavy atom. The predicted octanol–water partition coefficient (Wildman–Crippen LogP) is 3.42. The number of carbonyl (C=O) groups is 7. The minimum absolute atomic E-state index is 0.0414. The first-order valence-electron chi connectivity index (χ1n) is 23.8. The van der Waals surface area contributed by atoms with Gasteiger partial charge in [0.1, 0.15) is 30.9 Å². The van der Waals surface area contributed by atoms with Crippen LogP contribution in [-0.4, -0.2) is 173 Å². The Morgan fingerprint density at radius 1 is 0.806 bits per heavy atom. The van der Waals surface area contributed by atoms with Gasteiger partial charge < -0.3 is 48.9 Å². The van der Waals surface area contributed by atoms with Crippen molar-refractivity contribution in [3.63, 3.8) is 0 Å². The smallest absolute Gasteiger partial charge is 0.329 e. The van der Waals surface area contributed by atoms with Gasteiger partial charge in [-0.1, -0.05) is 78.3 Å². The molecule has 0 aliphatic carbocycles. The molecule has 1 heterocycles. The van der Waals surface area contributed by atoms with Crippen LogP contribution in [0.15, 0.2) is 30.3 Å². The third-order valence-corrected chi connectivity index (χ3v) is 12.7. The highest BCUT2D eigenvalue weighted by Crippen LogP contribution is 2.30. The van der Waals surface area contributed by atoms with E-state index in [-0.39, 0.29) is 81.9 Å². The van der Waals surface area contributed by atoms with Gasteiger partial charge in [0.15, 0.2) is 0 Å². The number of hydrogen-bond donors (Lipinski definition) is 2. The molecule has 2 N–H and O–H groups in total. The van der Waals surface area contributed by atoms with Gasteiger partial charge >= 0.3 is 5.97 Å². The number of carbonyl (C=O) groups excluding carboxylic acids is 7. The number of esters is 1. The molecule has 67 heavy (non-hydrogen) atoms. The molecule has 1 fully saturated rings. The molecule has 1 aliphatic heterocycles. The number of benzene rings is 1. The predicted molar refractivity (Wildman–Crippen MR) is 251 cm³/mol. The molecule has 4 amide bonds. The number of hydrogen-bond acceptors (Lipinski definition) is 14. The van der Waals surface area contributed by atoms with E-state index in [0.717, 1.165) is 5.56 Å². The van der Waals surface area contributed by atoms with Crippen molar-refractivity contribution in [1.82, 2.24) is 25.3 Å². The van der Waals surface area contributed by atoms with E-state index in [1.165, 1.54) is 9.80 Å². The van der Waals surface area contributed by atoms with E-state index in [4.69, 9.17) is 28.4 Å². The van der Waals surface area contributed by atoms with Crippen LogP contribution >= 0.6 is 0 Å². The fourth-order valence-electron chi connectivity index (χ4n) is 8.56. The molecule has 380 valence electrons. The van der Waals surface area contributed by atoms with Gasteiger partial charge in [-0.05, 0) is 64.0 Å². The number of likely N-dealkylation sites (tertiary alicyclic amines) is 1. The third kappa shape index (κ3) is 18.4. The zero-order chi connectivity index (χ0) is 50.2. The summed E-state index contributed by atoms with van der Waals surface area (Å²) in [5, 5.41) is 5.81. The maximum Gasteiger partial charge on any atom is 0.329 e. The number of methoxy groups -OCH3 is 1. The normalized spacial score (nSPS) is 17.5. The van der Waals surface area contributed by atoms with Gasteiger partial charge in [-0.2, -0.15) is 0 Å². The van der Waals surface area contributed by atoms with Crippen LogP contribution in [0.1, 0.15) is 93.6 Å². The lowest BCUT2D eigenvalue weighted by Gasteiger charge is -2.41. The standard InChI is InChI=1S/C49H81N5O13/c1-13-35(8)44(53(11)48(60)42(32(2)3)51-47(59)43(33(4)5)52(10)34(6)7)40(66-30-55)29-41(57)54-21-17-20-39(54)45(67-31-56)36(9)46(58)50-38(28-37-18-15-14-16-19-37)49(61)65-27-26-64-25-24-63-23-22-62-12/h14-16,18-19,30-36,38-40,42-45H,13,17,20-29H2,1-12H3,(H,50,58)(H,51,59)/t35-,36+,38-,39-,40+,42-,43-,44-,45+/m0/s1. The van der Waals surface area contributed by atoms with Crippen LogP contribution in [0, 0.1) is 23.7 Å². The first-order valence-corrected chi connectivity index (χ1v) is 23.8. The second kappa shape index (κ2) is 30.7. The Labute approximate surface area is 398 Å². The number of rotatable bonds is 33. The highest BCUT2D eigenvalue weighted by molar-refractivity contribution is 5.90. The van der Waals surface area contributed by atoms with Gasteiger partial charge in [-0.15, -0.1) is 0 Å². The Morgan fingerprint density at radius 3 is 1.97 bits per heavy atom. The van der Waals surface area contributed by atoms with Crippen LogP contribution in [0.3, 0.4) is 0 Å². The van der Waals surface area contributed by atoms with Crippen molar-refractivity contribution < 1.29 is 62.0 Å². The lowest BCUT2D eigenvalue weighted by atomic mass is 9.89. The van der Waals surface area contributed by atoms with Crippen LogP contribution in [-0.2, 0) is 68.4 Å². The second-order valence-corrected chi connectivity index (χ2v) is 18.4. The van der Waals surface area contributed by atoms with Gasteiger partial charge in [0.2, 0.25) is 23.6 Å². The number of amides is 4. The molecule has 0 saturated carbocycles. The summed E-state index contributed by atoms with van der Waals surface area (Å²) < 4.78 is 32.6. The largest absolute Gasteiger partial charge is 0.462 e. The molecule has 9 atom stereocenters. The van der Waals surface area contributed by atoms with Crippen LogP contribution in [0.2, 0.25) is 0 Å². The molecule has 1 saturated heterocycles. The summed E-state index contributed by atoms with van der Waals surface area (Å²) in [6.07, 6.45) is -0.932. The molecule has 0 spiro atoms. The summed E-state index contributed by atoms with van der Waals surface area (Å²) >= 11 is 0. The summed E-state index contributed by atoms with van der Waals surface area (Å²) in [6, 6.07) is 5.15. The van der Waals surface area contributed by atoms with E-state index in [0.29, 0.717) is 39.1 Å². The quantitative estimate of drug-likeness (QED) is 0.0448. The molecule has 2 rings (SSSR count). The SMILES string of the molecule is CC[C@H](C)[C@@H]([C@@H](CC(=O)N1CCC[C@H]1[C@H](OC=O)[C@@H](C)C(=O)N[C@@H](Cc1ccccc1)C(=O)OCCOCCOCCOC)OC=O)N(C)C(=O)[C@@H](NC(=O)[C@H](C(C)C)N(C)C(C)C)C(C)C. The van der Waals surface area contributed by atoms with Crippen molar-refractivity contribution in [2.24, 2.45) is 23.7 Å². The minimum atomic E-state index is -1.11. The zero-order valence-corrected chi connectivity index (χ0v) is 42.1. The summed E-state index contributed by atoms with van der Waals surface area (Å²) in [5.74, 6) is -4.03. The maximum absolute atomic E-state index is 14.5. The van der Waals surface area contributed by atoms with Crippen LogP contribution in [0.25, 0.3) is 0 Å². The molecule has 1 aromatic carbocycles. The zero-order valence-electron chi connectivity index (χ0n) is 42.1. The summed E-state index contributed by atoms with van der Waals surface area (Å²) in [6.45, 7) is 19.3. The van der Waals surface area contributed by atoms with Crippen LogP contribution < -0.4 is 10.6 Å². The highest BCUT2D eigenvalue weighted by atomic mass is 16.6. The average Bonchev–Trinajstić information content (AvgIpc) is 3.78. The van der Waals surface area contributed by atoms with E-state index >= 15 is 0 Å². The van der Waals surface area contributed by atoms with Crippen molar-refractivity contribution in [2.45, 2.75) is 143 Å². The van der Waals surface area contributed by atoms with Crippen molar-refractivity contribution in [1.29, 1.82) is 0 Å². The molecule has 18 nitrogen and oxygen atoms in total. The lowest BCUT2D eigenvalue weighted by molar-refractivity contribution is -0.156. The molecular weight excluding hydrogens is 867 g/mol. The van der Waals surface area contributed by atoms with Crippen LogP contribution in [0.5, 0.6) is 0 Å². The van der Waals surface area contributed by atoms with Gasteiger partial charge in [-0.25, -0.2) is 4.79 Å². The van der Waals surface area contributed by atoms with Gasteiger partial charge in [0.05, 0.1) is 63.5 Å². The average molecular weight is 948 g/mol. The topological polar surface area (TPSA) is 209 Å². The molecule has 1 aliphatic rings. The molecule has 18 heteroatoms. The fraction of sp³-hybridized carbons (Fsp3) is 0.735. The van der Waals surface area contributed by atoms with E-state index in [2.05, 4.69) is 10.6 Å². The molecular formula is C49H81N5O13. The van der Waals surface area contributed by atoms with Gasteiger partial charge in [0, 0.05) is 33.2 Å². The summed E-state index contributed by atoms with van der Waals surface area (Å²) in [5.41, 5.74) is 0.768. The first-order chi connectivity index (χ1) is 31.9. The molecule has 0 unspecified atom stereocenters. The summed E-state index contributed by atoms with van der Waals surface area (Å²) in [7, 11) is 5.05. The van der Waals surface area contributed by atoms with Crippen molar-refractivity contribution in [2.75, 3.05) is 67.4 Å². The van der Waals surface area contributed by atoms with E-state index < -0.39 is 72.0 Å². The third-order valence-electron chi connectivity index (χ3n) is 12.7. The molecule has 0 aromatic heterocycles. The highest BCUT2D eigenvalue weighted by Gasteiger charge is 2.45. The van der Waals surface area contributed by atoms with Crippen molar-refractivity contribution >= 4 is 42.5 Å². The fourth-order valence-corrected chi connectivity index (χ4v) is 8.56. The minimum Gasteiger partial charge on any atom is -0.462 e. The van der Waals surface area contributed by atoms with Gasteiger partial charge in [-0.3, -0.25) is 33.7 Å². The lowest BCUT2D eigenvalue weighted by Crippen LogP contribution is -2.60. The van der Waals surface area contributed by atoms with Crippen molar-refractivity contribution in [3.8, 4) is 0 Å². The number of likely N-dealkylation sites (N-methyl/N-ethyl adjacent to an activating group) is 2. The Balaban J connectivity index is 2.32. The van der Waals surface area contributed by atoms with E-state index in [1.807, 2.05) is 97.7 Å². The Kier molecular flexibility index (Phi) is 26.8. The first kappa shape index (κ1) is 58.5. The maximum atomic E-state index is 14.5. The Bertz CT molecular complexity index is 1670. The monoisotopic (exact) mass is 948 g/mol. The summed E-state index contributed by atoms with van der Waals surface area (Å²) in [4.78, 5) is 99.3. The van der Waals surface area contributed by atoms with E-state index in [1.54, 1.807) is 21.1 Å². The van der Waals surface area contributed by atoms with Crippen molar-refractivity contribution in [3.05, 3.63) is 35.9 Å². The molecule has 0 bridgehead atoms. The van der Waals surface area contributed by atoms with E-state index in [9.17, 15) is 33.6 Å². The van der Waals surface area contributed by atoms with Crippen LogP contribution in [0.4, 0.5) is 0 Å². The van der Waals surface area contributed by atoms with Gasteiger partial charge in [0.25, 0.3) is 12.9 Å².